The van der Waals surface area contributed by atoms with Crippen LogP contribution in [0, 0.1) is 0 Å². The highest BCUT2D eigenvalue weighted by molar-refractivity contribution is 6.26. The molecule has 1 fully saturated rings. The summed E-state index contributed by atoms with van der Waals surface area (Å²) in [7, 11) is 4.61. The Labute approximate surface area is 389 Å². The van der Waals surface area contributed by atoms with Crippen LogP contribution in [0.1, 0.15) is 119 Å². The molecule has 2 aromatic carbocycles. The Hall–Kier alpha value is -6.24. The van der Waals surface area contributed by atoms with Gasteiger partial charge in [-0.15, -0.1) is 0 Å². The van der Waals surface area contributed by atoms with Gasteiger partial charge in [0.25, 0.3) is 11.6 Å². The zero-order valence-corrected chi connectivity index (χ0v) is 41.0. The van der Waals surface area contributed by atoms with Crippen LogP contribution in [0.4, 0.5) is 0 Å². The van der Waals surface area contributed by atoms with Crippen molar-refractivity contribution < 1.29 is 52.1 Å². The standard InChI is InChI=1S/C49H59N7O11/c1-22(2)60-28-17-19-30(62-24(5)6)34-32(28)40-50-26-21-27(37-36(26)65-48(12,58-15)49(13,59-16)66-37)51-41-33-29(61-23(3)4)18-20-31(63-25(7)8)35(33)43(53-41)55-45-39-38(44(56-45)54-42(34)52-40)64-46(9,10)47(11,57-14)67-39/h17-20,22-25H,21H2,1-16H3,(H,50,51,52,53,54,55,56). The van der Waals surface area contributed by atoms with Crippen LogP contribution in [0.15, 0.2) is 77.1 Å². The van der Waals surface area contributed by atoms with E-state index in [-0.39, 0.29) is 88.2 Å². The first-order valence-corrected chi connectivity index (χ1v) is 22.6. The van der Waals surface area contributed by atoms with Crippen molar-refractivity contribution in [1.82, 2.24) is 4.98 Å². The van der Waals surface area contributed by atoms with E-state index in [2.05, 4.69) is 4.98 Å². The molecule has 1 aromatic heterocycles. The second-order valence-corrected chi connectivity index (χ2v) is 18.8. The summed E-state index contributed by atoms with van der Waals surface area (Å²) in [5.41, 5.74) is 2.50. The normalized spacial score (nSPS) is 24.2. The molecule has 1 N–H and O–H groups in total. The van der Waals surface area contributed by atoms with E-state index in [0.29, 0.717) is 56.6 Å². The second-order valence-electron chi connectivity index (χ2n) is 18.8. The van der Waals surface area contributed by atoms with Crippen molar-refractivity contribution in [3.05, 3.63) is 80.4 Å². The van der Waals surface area contributed by atoms with Gasteiger partial charge in [-0.25, -0.2) is 30.0 Å². The fourth-order valence-corrected chi connectivity index (χ4v) is 8.38. The van der Waals surface area contributed by atoms with Crippen LogP contribution in [0.5, 0.6) is 34.5 Å². The number of hydrogen-bond acceptors (Lipinski definition) is 17. The number of nitrogens with zero attached hydrogens (tertiary/aromatic N) is 6. The highest BCUT2D eigenvalue weighted by Crippen LogP contribution is 2.50. The Kier molecular flexibility index (Phi) is 11.1. The molecule has 3 aromatic rings. The first-order chi connectivity index (χ1) is 31.6. The predicted molar refractivity (Wildman–Crippen MR) is 248 cm³/mol. The fraction of sp³-hybridized carbons (Fsp3) is 0.510. The van der Waals surface area contributed by atoms with Gasteiger partial charge in [-0.05, 0) is 93.5 Å². The number of methoxy groups -OCH3 is 3. The lowest BCUT2D eigenvalue weighted by molar-refractivity contribution is -0.384. The first kappa shape index (κ1) is 45.9. The Morgan fingerprint density at radius 2 is 0.776 bits per heavy atom. The van der Waals surface area contributed by atoms with Crippen LogP contribution >= 0.6 is 0 Å². The monoisotopic (exact) mass is 921 g/mol. The molecule has 1 aliphatic carbocycles. The summed E-state index contributed by atoms with van der Waals surface area (Å²) in [6.45, 7) is 24.6. The molecule has 6 heterocycles. The van der Waals surface area contributed by atoms with Gasteiger partial charge in [-0.1, -0.05) is 0 Å². The van der Waals surface area contributed by atoms with Crippen LogP contribution in [-0.4, -0.2) is 97.0 Å². The van der Waals surface area contributed by atoms with Crippen molar-refractivity contribution in [1.29, 1.82) is 0 Å². The largest absolute Gasteiger partial charge is 0.490 e. The highest BCUT2D eigenvalue weighted by Gasteiger charge is 2.58. The molecule has 0 amide bonds. The molecular weight excluding hydrogens is 863 g/mol. The molecule has 18 nitrogen and oxygen atoms in total. The van der Waals surface area contributed by atoms with Crippen molar-refractivity contribution in [2.24, 2.45) is 30.0 Å². The van der Waals surface area contributed by atoms with Gasteiger partial charge in [0.15, 0.2) is 51.4 Å². The number of ether oxygens (including phenoxy) is 11. The second kappa shape index (κ2) is 16.2. The smallest absolute Gasteiger partial charge is 0.273 e. The number of aromatic amines is 1. The number of benzene rings is 2. The molecule has 18 heteroatoms. The van der Waals surface area contributed by atoms with Crippen molar-refractivity contribution in [3.63, 3.8) is 0 Å². The van der Waals surface area contributed by atoms with E-state index in [1.54, 1.807) is 27.9 Å². The molecule has 0 saturated carbocycles. The molecule has 356 valence electrons. The third-order valence-electron chi connectivity index (χ3n) is 12.2. The minimum Gasteiger partial charge on any atom is -0.490 e. The van der Waals surface area contributed by atoms with Crippen LogP contribution in [0.3, 0.4) is 0 Å². The van der Waals surface area contributed by atoms with E-state index >= 15 is 0 Å². The number of aliphatic imine (C=N–C) groups is 4. The minimum atomic E-state index is -1.45. The average molecular weight is 922 g/mol. The van der Waals surface area contributed by atoms with E-state index in [9.17, 15) is 0 Å². The summed E-state index contributed by atoms with van der Waals surface area (Å²) in [6, 6.07) is 7.41. The number of H-pyrrole nitrogens is 1. The molecule has 67 heavy (non-hydrogen) atoms. The molecular formula is C49H59N7O11. The van der Waals surface area contributed by atoms with Crippen LogP contribution in [0.2, 0.25) is 0 Å². The van der Waals surface area contributed by atoms with Gasteiger partial charge < -0.3 is 57.1 Å². The van der Waals surface area contributed by atoms with Crippen molar-refractivity contribution in [2.75, 3.05) is 21.3 Å². The van der Waals surface area contributed by atoms with E-state index in [4.69, 9.17) is 82.1 Å². The number of aromatic nitrogens is 1. The van der Waals surface area contributed by atoms with Crippen molar-refractivity contribution in [3.8, 4) is 34.5 Å². The van der Waals surface area contributed by atoms with E-state index < -0.39 is 23.0 Å². The lowest BCUT2D eigenvalue weighted by Crippen LogP contribution is -2.60. The van der Waals surface area contributed by atoms with Gasteiger partial charge >= 0.3 is 0 Å². The maximum Gasteiger partial charge on any atom is 0.273 e. The molecule has 9 rings (SSSR count). The topological polar surface area (TPSA) is 191 Å². The van der Waals surface area contributed by atoms with Gasteiger partial charge in [-0.2, -0.15) is 0 Å². The SMILES string of the molecule is COC1(C)Oc2c(c3[nH]c2=NC2=NC(=NC4=C5OC(C)(OC)C(C)(OC)OC5=C(C4)N=C4N=C(N=3)c3c(OC(C)C)ccc(OC(C)C)c34)c3c(OC(C)C)ccc(OC(C)C)c32)OC1(C)C. The number of hydrogen-bond donors (Lipinski definition) is 1. The average Bonchev–Trinajstić information content (AvgIpc) is 3.97. The summed E-state index contributed by atoms with van der Waals surface area (Å²) in [5, 5.41) is 0. The Morgan fingerprint density at radius 3 is 1.10 bits per heavy atom. The highest BCUT2D eigenvalue weighted by atomic mass is 16.8. The van der Waals surface area contributed by atoms with Crippen molar-refractivity contribution >= 4 is 23.3 Å². The van der Waals surface area contributed by atoms with Gasteiger partial charge in [0, 0.05) is 48.5 Å². The summed E-state index contributed by atoms with van der Waals surface area (Å²) >= 11 is 0. The minimum absolute atomic E-state index is 0.107. The summed E-state index contributed by atoms with van der Waals surface area (Å²) < 4.78 is 71.0. The molecule has 5 aliphatic heterocycles. The molecule has 6 aliphatic rings. The van der Waals surface area contributed by atoms with Gasteiger partial charge in [-0.3, -0.25) is 0 Å². The molecule has 0 radical (unpaired) electrons. The zero-order chi connectivity index (χ0) is 48.1. The fourth-order valence-electron chi connectivity index (χ4n) is 8.38. The molecule has 1 saturated heterocycles. The maximum absolute atomic E-state index is 6.81. The summed E-state index contributed by atoms with van der Waals surface area (Å²) in [5.74, 6) is -0.0348. The molecule has 0 spiro atoms. The van der Waals surface area contributed by atoms with E-state index in [1.807, 2.05) is 93.5 Å². The lowest BCUT2D eigenvalue weighted by Gasteiger charge is -2.47. The lowest BCUT2D eigenvalue weighted by atomic mass is 9.97. The van der Waals surface area contributed by atoms with E-state index in [1.165, 1.54) is 14.2 Å². The van der Waals surface area contributed by atoms with Crippen molar-refractivity contribution in [2.45, 2.75) is 144 Å². The molecule has 8 bridgehead atoms. The van der Waals surface area contributed by atoms with Crippen LogP contribution in [-0.2, 0) is 23.7 Å². The summed E-state index contributed by atoms with van der Waals surface area (Å²) in [4.78, 5) is 34.8. The van der Waals surface area contributed by atoms with Gasteiger partial charge in [0.2, 0.25) is 17.3 Å². The maximum atomic E-state index is 6.81. The Balaban J connectivity index is 1.43. The third-order valence-corrected chi connectivity index (χ3v) is 12.2. The van der Waals surface area contributed by atoms with Crippen LogP contribution < -0.4 is 39.4 Å². The predicted octanol–water partition coefficient (Wildman–Crippen LogP) is 7.34. The number of fused-ring (bicyclic) bond motifs is 16. The quantitative estimate of drug-likeness (QED) is 0.202. The Bertz CT molecular complexity index is 2910. The zero-order valence-electron chi connectivity index (χ0n) is 41.0. The van der Waals surface area contributed by atoms with Crippen LogP contribution in [0.25, 0.3) is 0 Å². The van der Waals surface area contributed by atoms with E-state index in [0.717, 1.165) is 0 Å². The third kappa shape index (κ3) is 7.53. The van der Waals surface area contributed by atoms with Gasteiger partial charge in [0.1, 0.15) is 23.0 Å². The molecule has 3 atom stereocenters. The molecule has 3 unspecified atom stereocenters. The number of amidine groups is 4. The number of nitrogens with one attached hydrogen (secondary N) is 1. The van der Waals surface area contributed by atoms with Gasteiger partial charge in [0.05, 0.1) is 58.1 Å². The number of rotatable bonds is 11. The summed E-state index contributed by atoms with van der Waals surface area (Å²) in [6.07, 6.45) is -0.746. The first-order valence-electron chi connectivity index (χ1n) is 22.6. The Morgan fingerprint density at radius 1 is 0.448 bits per heavy atom.